The molecule has 8 nitrogen and oxygen atoms in total. The molecule has 4 rings (SSSR count). The lowest BCUT2D eigenvalue weighted by Crippen LogP contribution is -2.49. The number of benzene rings is 1. The normalized spacial score (nSPS) is 16.8. The molecule has 0 spiro atoms. The van der Waals surface area contributed by atoms with Crippen molar-refractivity contribution in [3.05, 3.63) is 54.5 Å². The highest BCUT2D eigenvalue weighted by Crippen LogP contribution is 2.21. The minimum absolute atomic E-state index is 0.200. The van der Waals surface area contributed by atoms with Crippen LogP contribution in [0.15, 0.2) is 48.9 Å². The minimum Gasteiger partial charge on any atom is -0.350 e. The number of aromatic nitrogens is 3. The first-order valence-electron chi connectivity index (χ1n) is 9.29. The predicted octanol–water partition coefficient (Wildman–Crippen LogP) is 1.65. The van der Waals surface area contributed by atoms with Crippen LogP contribution in [-0.2, 0) is 11.8 Å². The zero-order chi connectivity index (χ0) is 19.5. The van der Waals surface area contributed by atoms with Crippen LogP contribution in [0.2, 0.25) is 0 Å². The Kier molecular flexibility index (Phi) is 4.92. The number of fused-ring (bicyclic) bond motifs is 1. The Morgan fingerprint density at radius 2 is 1.89 bits per heavy atom. The van der Waals surface area contributed by atoms with Crippen molar-refractivity contribution in [1.82, 2.24) is 25.4 Å². The van der Waals surface area contributed by atoms with E-state index in [4.69, 9.17) is 0 Å². The van der Waals surface area contributed by atoms with Gasteiger partial charge in [-0.3, -0.25) is 20.4 Å². The lowest BCUT2D eigenvalue weighted by atomic mass is 9.98. The lowest BCUT2D eigenvalue weighted by molar-refractivity contribution is -0.126. The van der Waals surface area contributed by atoms with Crippen molar-refractivity contribution in [3.8, 4) is 0 Å². The van der Waals surface area contributed by atoms with Crippen LogP contribution in [0.3, 0.4) is 0 Å². The standard InChI is InChI=1S/C20H22N6O2/c1-25-13-16(15-7-2-3-8-17(15)25)19(28)24-23-18(27)14-6-4-11-26(12-14)20-21-9-5-10-22-20/h2-3,5,7-10,13-14H,4,6,11-12H2,1H3,(H,23,27)(H,24,28). The second-order valence-electron chi connectivity index (χ2n) is 6.95. The molecule has 1 aromatic carbocycles. The molecule has 1 saturated heterocycles. The average molecular weight is 378 g/mol. The maximum Gasteiger partial charge on any atom is 0.271 e. The summed E-state index contributed by atoms with van der Waals surface area (Å²) in [5.74, 6) is -0.136. The number of nitrogens with zero attached hydrogens (tertiary/aromatic N) is 4. The van der Waals surface area contributed by atoms with Crippen molar-refractivity contribution < 1.29 is 9.59 Å². The van der Waals surface area contributed by atoms with E-state index in [9.17, 15) is 9.59 Å². The van der Waals surface area contributed by atoms with Gasteiger partial charge in [-0.15, -0.1) is 0 Å². The fourth-order valence-electron chi connectivity index (χ4n) is 3.64. The molecule has 28 heavy (non-hydrogen) atoms. The molecular weight excluding hydrogens is 356 g/mol. The van der Waals surface area contributed by atoms with Gasteiger partial charge in [-0.2, -0.15) is 0 Å². The van der Waals surface area contributed by atoms with Crippen LogP contribution in [0, 0.1) is 5.92 Å². The average Bonchev–Trinajstić information content (AvgIpc) is 3.09. The first kappa shape index (κ1) is 18.0. The highest BCUT2D eigenvalue weighted by molar-refractivity contribution is 6.07. The van der Waals surface area contributed by atoms with Crippen LogP contribution in [0.4, 0.5) is 5.95 Å². The summed E-state index contributed by atoms with van der Waals surface area (Å²) in [6, 6.07) is 9.43. The number of rotatable bonds is 3. The number of amides is 2. The van der Waals surface area contributed by atoms with E-state index in [1.165, 1.54) is 0 Å². The molecule has 3 heterocycles. The molecule has 1 atom stereocenters. The van der Waals surface area contributed by atoms with Crippen LogP contribution in [0.25, 0.3) is 10.9 Å². The molecule has 3 aromatic rings. The van der Waals surface area contributed by atoms with Gasteiger partial charge in [0.1, 0.15) is 0 Å². The van der Waals surface area contributed by atoms with Gasteiger partial charge in [-0.05, 0) is 25.0 Å². The first-order chi connectivity index (χ1) is 13.6. The number of para-hydroxylation sites is 1. The number of piperidine rings is 1. The van der Waals surface area contributed by atoms with Crippen LogP contribution >= 0.6 is 0 Å². The van der Waals surface area contributed by atoms with E-state index in [1.807, 2.05) is 40.8 Å². The van der Waals surface area contributed by atoms with Gasteiger partial charge in [0.05, 0.1) is 11.5 Å². The SMILES string of the molecule is Cn1cc(C(=O)NNC(=O)C2CCCN(c3ncccn3)C2)c2ccccc21. The van der Waals surface area contributed by atoms with E-state index >= 15 is 0 Å². The van der Waals surface area contributed by atoms with Crippen molar-refractivity contribution in [2.24, 2.45) is 13.0 Å². The number of aryl methyl sites for hydroxylation is 1. The molecule has 0 radical (unpaired) electrons. The third kappa shape index (κ3) is 3.53. The molecule has 2 amide bonds. The number of carbonyl (C=O) groups is 2. The summed E-state index contributed by atoms with van der Waals surface area (Å²) in [6.45, 7) is 1.34. The highest BCUT2D eigenvalue weighted by Gasteiger charge is 2.27. The second-order valence-corrected chi connectivity index (χ2v) is 6.95. The second kappa shape index (κ2) is 7.67. The highest BCUT2D eigenvalue weighted by atomic mass is 16.2. The van der Waals surface area contributed by atoms with Crippen molar-refractivity contribution in [1.29, 1.82) is 0 Å². The van der Waals surface area contributed by atoms with E-state index in [0.29, 0.717) is 18.1 Å². The zero-order valence-electron chi connectivity index (χ0n) is 15.6. The summed E-state index contributed by atoms with van der Waals surface area (Å²) in [5, 5.41) is 0.849. The Hall–Kier alpha value is -3.42. The Balaban J connectivity index is 1.39. The van der Waals surface area contributed by atoms with Crippen molar-refractivity contribution in [2.45, 2.75) is 12.8 Å². The molecule has 1 aliphatic heterocycles. The number of nitrogens with one attached hydrogen (secondary N) is 2. The Bertz CT molecular complexity index is 1000. The molecule has 144 valence electrons. The Morgan fingerprint density at radius 3 is 2.71 bits per heavy atom. The summed E-state index contributed by atoms with van der Waals surface area (Å²) < 4.78 is 1.89. The van der Waals surface area contributed by atoms with E-state index in [1.54, 1.807) is 24.7 Å². The molecule has 8 heteroatoms. The molecule has 0 bridgehead atoms. The van der Waals surface area contributed by atoms with E-state index in [0.717, 1.165) is 30.3 Å². The molecular formula is C20H22N6O2. The third-order valence-corrected chi connectivity index (χ3v) is 5.07. The van der Waals surface area contributed by atoms with Crippen LogP contribution in [0.1, 0.15) is 23.2 Å². The van der Waals surface area contributed by atoms with Gasteiger partial charge in [0.2, 0.25) is 11.9 Å². The monoisotopic (exact) mass is 378 g/mol. The molecule has 1 unspecified atom stereocenters. The first-order valence-corrected chi connectivity index (χ1v) is 9.29. The minimum atomic E-state index is -0.329. The third-order valence-electron chi connectivity index (χ3n) is 5.07. The fourth-order valence-corrected chi connectivity index (χ4v) is 3.64. The summed E-state index contributed by atoms with van der Waals surface area (Å²) in [4.78, 5) is 35.7. The van der Waals surface area contributed by atoms with Crippen molar-refractivity contribution in [2.75, 3.05) is 18.0 Å². The number of hydrogen-bond donors (Lipinski definition) is 2. The molecule has 1 fully saturated rings. The summed E-state index contributed by atoms with van der Waals surface area (Å²) in [7, 11) is 1.89. The fraction of sp³-hybridized carbons (Fsp3) is 0.300. The summed E-state index contributed by atoms with van der Waals surface area (Å²) in [6.07, 6.45) is 6.78. The van der Waals surface area contributed by atoms with Crippen LogP contribution in [0.5, 0.6) is 0 Å². The molecule has 1 aliphatic rings. The van der Waals surface area contributed by atoms with Gasteiger partial charge in [0.25, 0.3) is 5.91 Å². The van der Waals surface area contributed by atoms with Gasteiger partial charge in [0.15, 0.2) is 0 Å². The number of hydrazine groups is 1. The van der Waals surface area contributed by atoms with E-state index in [2.05, 4.69) is 20.8 Å². The van der Waals surface area contributed by atoms with Gasteiger partial charge < -0.3 is 9.47 Å². The smallest absolute Gasteiger partial charge is 0.271 e. The molecule has 2 N–H and O–H groups in total. The van der Waals surface area contributed by atoms with Gasteiger partial charge in [0, 0.05) is 49.6 Å². The van der Waals surface area contributed by atoms with Gasteiger partial charge >= 0.3 is 0 Å². The summed E-state index contributed by atoms with van der Waals surface area (Å²) >= 11 is 0. The molecule has 2 aromatic heterocycles. The maximum atomic E-state index is 12.6. The topological polar surface area (TPSA) is 92.2 Å². The number of hydrogen-bond acceptors (Lipinski definition) is 5. The van der Waals surface area contributed by atoms with Crippen molar-refractivity contribution >= 4 is 28.7 Å². The van der Waals surface area contributed by atoms with Crippen LogP contribution in [-0.4, -0.2) is 39.4 Å². The van der Waals surface area contributed by atoms with E-state index < -0.39 is 0 Å². The van der Waals surface area contributed by atoms with Crippen molar-refractivity contribution in [3.63, 3.8) is 0 Å². The number of anilines is 1. The van der Waals surface area contributed by atoms with Gasteiger partial charge in [-0.25, -0.2) is 9.97 Å². The maximum absolute atomic E-state index is 12.6. The van der Waals surface area contributed by atoms with E-state index in [-0.39, 0.29) is 17.7 Å². The predicted molar refractivity (Wildman–Crippen MR) is 105 cm³/mol. The number of carbonyl (C=O) groups excluding carboxylic acids is 2. The quantitative estimate of drug-likeness (QED) is 0.676. The Labute approximate surface area is 162 Å². The summed E-state index contributed by atoms with van der Waals surface area (Å²) in [5.41, 5.74) is 6.63. The van der Waals surface area contributed by atoms with Crippen LogP contribution < -0.4 is 15.8 Å². The lowest BCUT2D eigenvalue weighted by Gasteiger charge is -2.31. The Morgan fingerprint density at radius 1 is 1.11 bits per heavy atom. The largest absolute Gasteiger partial charge is 0.350 e. The molecule has 0 aliphatic carbocycles. The zero-order valence-corrected chi connectivity index (χ0v) is 15.6. The molecule has 0 saturated carbocycles. The van der Waals surface area contributed by atoms with Gasteiger partial charge in [-0.1, -0.05) is 18.2 Å².